The van der Waals surface area contributed by atoms with Crippen molar-refractivity contribution in [2.45, 2.75) is 27.2 Å². The van der Waals surface area contributed by atoms with Crippen molar-refractivity contribution in [3.05, 3.63) is 40.7 Å². The zero-order valence-electron chi connectivity index (χ0n) is 11.6. The van der Waals surface area contributed by atoms with E-state index in [0.717, 1.165) is 24.5 Å². The van der Waals surface area contributed by atoms with Gasteiger partial charge in [-0.1, -0.05) is 23.8 Å². The molecule has 96 valence electrons. The number of hydrogen-bond acceptors (Lipinski definition) is 2. The third kappa shape index (κ3) is 2.62. The Hall–Kier alpha value is -1.61. The molecule has 3 nitrogen and oxygen atoms in total. The van der Waals surface area contributed by atoms with Gasteiger partial charge < -0.3 is 10.3 Å². The molecule has 2 aromatic rings. The first kappa shape index (κ1) is 12.8. The number of nitrogens with zero attached hydrogens (tertiary/aromatic N) is 1. The Morgan fingerprint density at radius 3 is 2.67 bits per heavy atom. The Kier molecular flexibility index (Phi) is 3.82. The summed E-state index contributed by atoms with van der Waals surface area (Å²) in [7, 11) is 1.97. The SMILES string of the molecule is CNCCc1nc(-c2ccc(C)cc2C)[nH]c1C. The van der Waals surface area contributed by atoms with Crippen molar-refractivity contribution in [2.24, 2.45) is 0 Å². The smallest absolute Gasteiger partial charge is 0.138 e. The van der Waals surface area contributed by atoms with Crippen LogP contribution >= 0.6 is 0 Å². The fourth-order valence-corrected chi connectivity index (χ4v) is 2.19. The minimum atomic E-state index is 0.956. The molecule has 0 saturated carbocycles. The lowest BCUT2D eigenvalue weighted by Crippen LogP contribution is -2.11. The van der Waals surface area contributed by atoms with Crippen LogP contribution < -0.4 is 5.32 Å². The predicted molar refractivity (Wildman–Crippen MR) is 75.9 cm³/mol. The highest BCUT2D eigenvalue weighted by Crippen LogP contribution is 2.22. The molecule has 3 heteroatoms. The van der Waals surface area contributed by atoms with Gasteiger partial charge in [0, 0.05) is 24.2 Å². The number of aromatic amines is 1. The molecule has 0 atom stereocenters. The number of H-pyrrole nitrogens is 1. The summed E-state index contributed by atoms with van der Waals surface area (Å²) in [6, 6.07) is 6.47. The summed E-state index contributed by atoms with van der Waals surface area (Å²) in [5.74, 6) is 0.983. The zero-order chi connectivity index (χ0) is 13.1. The van der Waals surface area contributed by atoms with E-state index in [2.05, 4.69) is 49.3 Å². The lowest BCUT2D eigenvalue weighted by atomic mass is 10.1. The van der Waals surface area contributed by atoms with E-state index >= 15 is 0 Å². The molecule has 2 rings (SSSR count). The van der Waals surface area contributed by atoms with Gasteiger partial charge in [-0.05, 0) is 33.4 Å². The predicted octanol–water partition coefficient (Wildman–Crippen LogP) is 2.76. The number of aromatic nitrogens is 2. The summed E-state index contributed by atoms with van der Waals surface area (Å²) in [6.45, 7) is 7.29. The minimum absolute atomic E-state index is 0.956. The average Bonchev–Trinajstić information content (AvgIpc) is 2.68. The number of imidazole rings is 1. The highest BCUT2D eigenvalue weighted by Gasteiger charge is 2.09. The summed E-state index contributed by atoms with van der Waals surface area (Å²) in [5, 5.41) is 3.16. The van der Waals surface area contributed by atoms with E-state index in [-0.39, 0.29) is 0 Å². The van der Waals surface area contributed by atoms with Gasteiger partial charge >= 0.3 is 0 Å². The number of benzene rings is 1. The molecule has 0 fully saturated rings. The second-order valence-electron chi connectivity index (χ2n) is 4.83. The molecule has 0 spiro atoms. The van der Waals surface area contributed by atoms with Crippen LogP contribution in [0.1, 0.15) is 22.5 Å². The van der Waals surface area contributed by atoms with Crippen LogP contribution in [0.3, 0.4) is 0 Å². The first-order valence-corrected chi connectivity index (χ1v) is 6.39. The van der Waals surface area contributed by atoms with Crippen LogP contribution in [-0.4, -0.2) is 23.6 Å². The lowest BCUT2D eigenvalue weighted by molar-refractivity contribution is 0.776. The van der Waals surface area contributed by atoms with Crippen LogP contribution in [0.4, 0.5) is 0 Å². The van der Waals surface area contributed by atoms with Gasteiger partial charge in [-0.3, -0.25) is 0 Å². The Morgan fingerprint density at radius 1 is 1.22 bits per heavy atom. The van der Waals surface area contributed by atoms with Crippen molar-refractivity contribution in [2.75, 3.05) is 13.6 Å². The molecule has 0 unspecified atom stereocenters. The standard InChI is InChI=1S/C15H21N3/c1-10-5-6-13(11(2)9-10)15-17-12(3)14(18-15)7-8-16-4/h5-6,9,16H,7-8H2,1-4H3,(H,17,18). The van der Waals surface area contributed by atoms with Crippen LogP contribution in [0.5, 0.6) is 0 Å². The second-order valence-corrected chi connectivity index (χ2v) is 4.83. The molecule has 0 amide bonds. The zero-order valence-corrected chi connectivity index (χ0v) is 11.6. The van der Waals surface area contributed by atoms with E-state index in [4.69, 9.17) is 4.98 Å². The van der Waals surface area contributed by atoms with Gasteiger partial charge in [0.05, 0.1) is 5.69 Å². The quantitative estimate of drug-likeness (QED) is 0.867. The van der Waals surface area contributed by atoms with E-state index < -0.39 is 0 Å². The van der Waals surface area contributed by atoms with Crippen LogP contribution in [0.2, 0.25) is 0 Å². The number of hydrogen-bond donors (Lipinski definition) is 2. The number of aryl methyl sites for hydroxylation is 3. The summed E-state index contributed by atoms with van der Waals surface area (Å²) in [4.78, 5) is 8.10. The Bertz CT molecular complexity index is 541. The van der Waals surface area contributed by atoms with Crippen molar-refractivity contribution in [1.29, 1.82) is 0 Å². The van der Waals surface area contributed by atoms with Gasteiger partial charge in [0.2, 0.25) is 0 Å². The molecule has 0 bridgehead atoms. The highest BCUT2D eigenvalue weighted by molar-refractivity contribution is 5.61. The maximum Gasteiger partial charge on any atom is 0.138 e. The molecule has 0 aliphatic heterocycles. The van der Waals surface area contributed by atoms with Crippen molar-refractivity contribution in [1.82, 2.24) is 15.3 Å². The van der Waals surface area contributed by atoms with Crippen molar-refractivity contribution in [3.8, 4) is 11.4 Å². The fourth-order valence-electron chi connectivity index (χ4n) is 2.19. The fraction of sp³-hybridized carbons (Fsp3) is 0.400. The van der Waals surface area contributed by atoms with Crippen LogP contribution in [0, 0.1) is 20.8 Å². The van der Waals surface area contributed by atoms with Gasteiger partial charge in [-0.15, -0.1) is 0 Å². The van der Waals surface area contributed by atoms with Crippen LogP contribution in [-0.2, 0) is 6.42 Å². The maximum atomic E-state index is 4.71. The molecule has 2 N–H and O–H groups in total. The third-order valence-electron chi connectivity index (χ3n) is 3.23. The van der Waals surface area contributed by atoms with Gasteiger partial charge in [0.25, 0.3) is 0 Å². The highest BCUT2D eigenvalue weighted by atomic mass is 14.9. The number of rotatable bonds is 4. The molecule has 0 saturated heterocycles. The van der Waals surface area contributed by atoms with Gasteiger partial charge in [-0.2, -0.15) is 0 Å². The largest absolute Gasteiger partial charge is 0.342 e. The number of likely N-dealkylation sites (N-methyl/N-ethyl adjacent to an activating group) is 1. The maximum absolute atomic E-state index is 4.71. The van der Waals surface area contributed by atoms with Gasteiger partial charge in [-0.25, -0.2) is 4.98 Å². The summed E-state index contributed by atoms with van der Waals surface area (Å²) < 4.78 is 0. The molecule has 18 heavy (non-hydrogen) atoms. The van der Waals surface area contributed by atoms with E-state index in [0.29, 0.717) is 0 Å². The molecular weight excluding hydrogens is 222 g/mol. The van der Waals surface area contributed by atoms with Crippen molar-refractivity contribution in [3.63, 3.8) is 0 Å². The normalized spacial score (nSPS) is 10.9. The van der Waals surface area contributed by atoms with E-state index in [1.54, 1.807) is 0 Å². The summed E-state index contributed by atoms with van der Waals surface area (Å²) in [6.07, 6.45) is 0.962. The Morgan fingerprint density at radius 2 is 2.00 bits per heavy atom. The Labute approximate surface area is 109 Å². The molecule has 0 radical (unpaired) electrons. The molecule has 0 aliphatic rings. The monoisotopic (exact) mass is 243 g/mol. The van der Waals surface area contributed by atoms with Gasteiger partial charge in [0.1, 0.15) is 5.82 Å². The van der Waals surface area contributed by atoms with E-state index in [1.165, 1.54) is 22.4 Å². The molecule has 1 aromatic heterocycles. The molecule has 1 heterocycles. The molecule has 1 aromatic carbocycles. The lowest BCUT2D eigenvalue weighted by Gasteiger charge is -2.03. The second kappa shape index (κ2) is 5.36. The van der Waals surface area contributed by atoms with E-state index in [1.807, 2.05) is 7.05 Å². The first-order valence-electron chi connectivity index (χ1n) is 6.39. The van der Waals surface area contributed by atoms with Crippen molar-refractivity contribution >= 4 is 0 Å². The van der Waals surface area contributed by atoms with E-state index in [9.17, 15) is 0 Å². The Balaban J connectivity index is 2.33. The minimum Gasteiger partial charge on any atom is -0.342 e. The number of nitrogens with one attached hydrogen (secondary N) is 2. The van der Waals surface area contributed by atoms with Crippen molar-refractivity contribution < 1.29 is 0 Å². The van der Waals surface area contributed by atoms with Gasteiger partial charge in [0.15, 0.2) is 0 Å². The summed E-state index contributed by atoms with van der Waals surface area (Å²) >= 11 is 0. The third-order valence-corrected chi connectivity index (χ3v) is 3.23. The molecule has 0 aliphatic carbocycles. The molecular formula is C15H21N3. The van der Waals surface area contributed by atoms with Crippen LogP contribution in [0.25, 0.3) is 11.4 Å². The average molecular weight is 243 g/mol. The summed E-state index contributed by atoms with van der Waals surface area (Å²) in [5.41, 5.74) is 6.07. The first-order chi connectivity index (χ1) is 8.61. The topological polar surface area (TPSA) is 40.7 Å². The van der Waals surface area contributed by atoms with Crippen LogP contribution in [0.15, 0.2) is 18.2 Å².